The number of carboxylic acids is 1. The molecule has 8 heteroatoms. The average Bonchev–Trinajstić information content (AvgIpc) is 2.42. The van der Waals surface area contributed by atoms with E-state index in [9.17, 15) is 19.2 Å². The summed E-state index contributed by atoms with van der Waals surface area (Å²) in [5, 5.41) is 13.9. The van der Waals surface area contributed by atoms with E-state index >= 15 is 0 Å². The van der Waals surface area contributed by atoms with Crippen molar-refractivity contribution in [2.24, 2.45) is 0 Å². The van der Waals surface area contributed by atoms with E-state index in [0.29, 0.717) is 11.3 Å². The second-order valence-electron chi connectivity index (χ2n) is 5.97. The Kier molecular flexibility index (Phi) is 6.27. The van der Waals surface area contributed by atoms with Crippen LogP contribution in [-0.4, -0.2) is 39.5 Å². The average molecular weight is 337 g/mol. The van der Waals surface area contributed by atoms with Gasteiger partial charge in [0.25, 0.3) is 11.5 Å². The van der Waals surface area contributed by atoms with E-state index in [1.165, 1.54) is 17.6 Å². The third-order valence-electron chi connectivity index (χ3n) is 3.46. The lowest BCUT2D eigenvalue weighted by atomic mass is 10.1. The Morgan fingerprint density at radius 2 is 1.75 bits per heavy atom. The van der Waals surface area contributed by atoms with Crippen molar-refractivity contribution >= 4 is 17.8 Å². The van der Waals surface area contributed by atoms with Crippen LogP contribution in [0.4, 0.5) is 0 Å². The molecule has 2 amide bonds. The lowest BCUT2D eigenvalue weighted by molar-refractivity contribution is -0.138. The molecule has 0 saturated carbocycles. The summed E-state index contributed by atoms with van der Waals surface area (Å²) in [5.41, 5.74) is 0.536. The molecule has 0 aliphatic heterocycles. The Morgan fingerprint density at radius 3 is 2.25 bits per heavy atom. The number of rotatable bonds is 6. The lowest BCUT2D eigenvalue weighted by Crippen LogP contribution is -2.41. The number of amides is 2. The maximum Gasteiger partial charge on any atom is 0.325 e. The Bertz CT molecular complexity index is 721. The fourth-order valence-corrected chi connectivity index (χ4v) is 2.30. The van der Waals surface area contributed by atoms with Crippen LogP contribution in [0.2, 0.25) is 0 Å². The summed E-state index contributed by atoms with van der Waals surface area (Å²) in [6, 6.07) is 0.120. The number of pyridine rings is 1. The number of nitrogens with one attached hydrogen (secondary N) is 2. The highest BCUT2D eigenvalue weighted by Crippen LogP contribution is 2.12. The number of nitrogens with zero attached hydrogens (tertiary/aromatic N) is 1. The molecule has 8 nitrogen and oxygen atoms in total. The molecule has 0 aliphatic rings. The second-order valence-corrected chi connectivity index (χ2v) is 5.97. The van der Waals surface area contributed by atoms with Gasteiger partial charge in [-0.15, -0.1) is 0 Å². The molecular formula is C16H23N3O5. The highest BCUT2D eigenvalue weighted by Gasteiger charge is 2.21. The number of aliphatic carboxylic acids is 1. The molecule has 0 spiro atoms. The van der Waals surface area contributed by atoms with Crippen molar-refractivity contribution in [1.29, 1.82) is 0 Å². The fraction of sp³-hybridized carbons (Fsp3) is 0.500. The van der Waals surface area contributed by atoms with Crippen LogP contribution in [0.25, 0.3) is 0 Å². The zero-order chi connectivity index (χ0) is 18.6. The number of carboxylic acid groups (broad SMARTS) is 1. The molecule has 0 radical (unpaired) electrons. The molecule has 132 valence electrons. The van der Waals surface area contributed by atoms with Gasteiger partial charge in [0.05, 0.1) is 5.56 Å². The van der Waals surface area contributed by atoms with Gasteiger partial charge in [-0.3, -0.25) is 19.2 Å². The molecule has 24 heavy (non-hydrogen) atoms. The molecular weight excluding hydrogens is 314 g/mol. The first-order chi connectivity index (χ1) is 11.0. The summed E-state index contributed by atoms with van der Waals surface area (Å²) in [7, 11) is 0. The molecule has 0 bridgehead atoms. The number of aromatic nitrogens is 1. The van der Waals surface area contributed by atoms with E-state index in [4.69, 9.17) is 5.11 Å². The van der Waals surface area contributed by atoms with Crippen LogP contribution in [0.15, 0.2) is 10.9 Å². The van der Waals surface area contributed by atoms with E-state index in [2.05, 4.69) is 10.6 Å². The van der Waals surface area contributed by atoms with Crippen LogP contribution in [0.1, 0.15) is 42.4 Å². The molecule has 1 atom stereocenters. The Hall–Kier alpha value is -2.64. The summed E-state index contributed by atoms with van der Waals surface area (Å²) in [6.45, 7) is 7.88. The number of hydrogen-bond donors (Lipinski definition) is 3. The minimum atomic E-state index is -1.16. The lowest BCUT2D eigenvalue weighted by Gasteiger charge is -2.17. The van der Waals surface area contributed by atoms with Gasteiger partial charge < -0.3 is 20.3 Å². The molecule has 1 aromatic heterocycles. The van der Waals surface area contributed by atoms with Gasteiger partial charge in [-0.1, -0.05) is 0 Å². The first-order valence-electron chi connectivity index (χ1n) is 7.58. The molecule has 0 saturated heterocycles. The van der Waals surface area contributed by atoms with Gasteiger partial charge in [0.2, 0.25) is 5.91 Å². The molecule has 1 heterocycles. The summed E-state index contributed by atoms with van der Waals surface area (Å²) >= 11 is 0. The quantitative estimate of drug-likeness (QED) is 0.685. The van der Waals surface area contributed by atoms with Gasteiger partial charge in [-0.2, -0.15) is 0 Å². The van der Waals surface area contributed by atoms with E-state index in [0.717, 1.165) is 0 Å². The molecule has 0 aliphatic carbocycles. The van der Waals surface area contributed by atoms with Crippen LogP contribution >= 0.6 is 0 Å². The molecule has 0 fully saturated rings. The highest BCUT2D eigenvalue weighted by molar-refractivity contribution is 5.98. The zero-order valence-corrected chi connectivity index (χ0v) is 14.5. The van der Waals surface area contributed by atoms with Crippen molar-refractivity contribution in [3.8, 4) is 0 Å². The molecule has 1 rings (SSSR count). The van der Waals surface area contributed by atoms with Crippen LogP contribution in [0.3, 0.4) is 0 Å². The SMILES string of the molecule is Cc1cc(=O)n(CC(=O)NC(C)C)c(C)c1C(=O)N[C@@H](C)C(=O)O. The third-order valence-corrected chi connectivity index (χ3v) is 3.46. The smallest absolute Gasteiger partial charge is 0.325 e. The van der Waals surface area contributed by atoms with E-state index in [1.54, 1.807) is 27.7 Å². The van der Waals surface area contributed by atoms with Gasteiger partial charge in [0.1, 0.15) is 12.6 Å². The van der Waals surface area contributed by atoms with Crippen molar-refractivity contribution in [3.05, 3.63) is 33.2 Å². The van der Waals surface area contributed by atoms with E-state index in [-0.39, 0.29) is 24.1 Å². The normalized spacial score (nSPS) is 11.9. The summed E-state index contributed by atoms with van der Waals surface area (Å²) < 4.78 is 1.20. The maximum atomic E-state index is 12.3. The van der Waals surface area contributed by atoms with Crippen LogP contribution in [0.5, 0.6) is 0 Å². The first-order valence-corrected chi connectivity index (χ1v) is 7.58. The maximum absolute atomic E-state index is 12.3. The van der Waals surface area contributed by atoms with Gasteiger partial charge in [-0.25, -0.2) is 0 Å². The number of hydrogen-bond acceptors (Lipinski definition) is 4. The molecule has 1 aromatic rings. The van der Waals surface area contributed by atoms with Crippen molar-refractivity contribution in [2.45, 2.75) is 53.2 Å². The van der Waals surface area contributed by atoms with Crippen LogP contribution in [-0.2, 0) is 16.1 Å². The Labute approximate surface area is 139 Å². The number of carbonyl (C=O) groups excluding carboxylic acids is 2. The predicted molar refractivity (Wildman–Crippen MR) is 88.0 cm³/mol. The highest BCUT2D eigenvalue weighted by atomic mass is 16.4. The van der Waals surface area contributed by atoms with Gasteiger partial charge in [-0.05, 0) is 40.2 Å². The van der Waals surface area contributed by atoms with Gasteiger partial charge in [0, 0.05) is 17.8 Å². The van der Waals surface area contributed by atoms with E-state index < -0.39 is 23.5 Å². The predicted octanol–water partition coefficient (Wildman–Crippen LogP) is 0.193. The molecule has 3 N–H and O–H groups in total. The summed E-state index contributed by atoms with van der Waals surface area (Å²) in [4.78, 5) is 47.3. The molecule has 0 aromatic carbocycles. The zero-order valence-electron chi connectivity index (χ0n) is 14.5. The van der Waals surface area contributed by atoms with Crippen molar-refractivity contribution in [2.75, 3.05) is 0 Å². The van der Waals surface area contributed by atoms with Gasteiger partial charge >= 0.3 is 5.97 Å². The van der Waals surface area contributed by atoms with Gasteiger partial charge in [0.15, 0.2) is 0 Å². The van der Waals surface area contributed by atoms with Crippen molar-refractivity contribution < 1.29 is 19.5 Å². The second kappa shape index (κ2) is 7.76. The van der Waals surface area contributed by atoms with Crippen LogP contribution < -0.4 is 16.2 Å². The number of aryl methyl sites for hydroxylation is 1. The third kappa shape index (κ3) is 4.68. The van der Waals surface area contributed by atoms with Crippen molar-refractivity contribution in [3.63, 3.8) is 0 Å². The minimum Gasteiger partial charge on any atom is -0.480 e. The first kappa shape index (κ1) is 19.4. The monoisotopic (exact) mass is 337 g/mol. The minimum absolute atomic E-state index is 0.0712. The largest absolute Gasteiger partial charge is 0.480 e. The standard InChI is InChI=1S/C16H23N3O5/c1-8(2)17-12(20)7-19-11(5)14(9(3)6-13(19)21)15(22)18-10(4)16(23)24/h6,8,10H,7H2,1-5H3,(H,17,20)(H,18,22)(H,23,24)/t10-/m0/s1. The van der Waals surface area contributed by atoms with E-state index in [1.807, 2.05) is 0 Å². The molecule has 0 unspecified atom stereocenters. The fourth-order valence-electron chi connectivity index (χ4n) is 2.30. The Morgan fingerprint density at radius 1 is 1.17 bits per heavy atom. The van der Waals surface area contributed by atoms with Crippen LogP contribution in [0, 0.1) is 13.8 Å². The van der Waals surface area contributed by atoms with Crippen molar-refractivity contribution in [1.82, 2.24) is 15.2 Å². The summed E-state index contributed by atoms with van der Waals surface area (Å²) in [6.07, 6.45) is 0. The summed E-state index contributed by atoms with van der Waals surface area (Å²) in [5.74, 6) is -2.11. The number of carbonyl (C=O) groups is 3. The Balaban J connectivity index is 3.21. The topological polar surface area (TPSA) is 118 Å².